The van der Waals surface area contributed by atoms with Gasteiger partial charge in [-0.05, 0) is 12.8 Å². The van der Waals surface area contributed by atoms with Gasteiger partial charge in [0, 0.05) is 24.2 Å². The minimum Gasteiger partial charge on any atom is -0.309 e. The second-order valence-electron chi connectivity index (χ2n) is 3.89. The second-order valence-corrected chi connectivity index (χ2v) is 6.71. The minimum absolute atomic E-state index is 0.144. The Kier molecular flexibility index (Phi) is 3.55. The number of primary sulfonamides is 1. The summed E-state index contributed by atoms with van der Waals surface area (Å²) in [5.41, 5.74) is -0.144. The lowest BCUT2D eigenvalue weighted by Crippen LogP contribution is -2.22. The molecule has 0 saturated heterocycles. The maximum Gasteiger partial charge on any atom is 0.283 e. The third kappa shape index (κ3) is 3.55. The zero-order valence-electron chi connectivity index (χ0n) is 9.07. The summed E-state index contributed by atoms with van der Waals surface area (Å²) in [4.78, 5) is 15.9. The lowest BCUT2D eigenvalue weighted by Gasteiger charge is -2.04. The average Bonchev–Trinajstić information content (AvgIpc) is 3.02. The first-order chi connectivity index (χ1) is 7.97. The molecule has 0 amide bonds. The van der Waals surface area contributed by atoms with Crippen LogP contribution in [0.2, 0.25) is 0 Å². The quantitative estimate of drug-likeness (QED) is 0.761. The number of nitrogens with two attached hydrogens (primary N) is 1. The lowest BCUT2D eigenvalue weighted by atomic mass is 10.6. The Morgan fingerprint density at radius 1 is 1.53 bits per heavy atom. The van der Waals surface area contributed by atoms with Crippen molar-refractivity contribution >= 4 is 21.8 Å². The zero-order chi connectivity index (χ0) is 12.5. The van der Waals surface area contributed by atoms with Crippen molar-refractivity contribution in [2.45, 2.75) is 23.9 Å². The van der Waals surface area contributed by atoms with E-state index in [0.717, 1.165) is 24.6 Å². The summed E-state index contributed by atoms with van der Waals surface area (Å²) in [7, 11) is -3.48. The summed E-state index contributed by atoms with van der Waals surface area (Å²) >= 11 is 1.13. The first kappa shape index (κ1) is 12.6. The lowest BCUT2D eigenvalue weighted by molar-refractivity contribution is 0.599. The van der Waals surface area contributed by atoms with Crippen molar-refractivity contribution < 1.29 is 8.42 Å². The maximum absolute atomic E-state index is 11.9. The number of aromatic nitrogens is 2. The van der Waals surface area contributed by atoms with Gasteiger partial charge in [-0.2, -0.15) is 0 Å². The first-order valence-corrected chi connectivity index (χ1v) is 7.88. The van der Waals surface area contributed by atoms with E-state index in [1.807, 2.05) is 0 Å². The van der Waals surface area contributed by atoms with E-state index >= 15 is 0 Å². The van der Waals surface area contributed by atoms with E-state index < -0.39 is 10.0 Å². The Labute approximate surface area is 103 Å². The van der Waals surface area contributed by atoms with Crippen LogP contribution in [-0.2, 0) is 10.0 Å². The molecule has 94 valence electrons. The van der Waals surface area contributed by atoms with Crippen LogP contribution in [0.25, 0.3) is 0 Å². The summed E-state index contributed by atoms with van der Waals surface area (Å²) < 4.78 is 23.2. The van der Waals surface area contributed by atoms with E-state index in [2.05, 4.69) is 4.98 Å². The van der Waals surface area contributed by atoms with Gasteiger partial charge >= 0.3 is 0 Å². The summed E-state index contributed by atoms with van der Waals surface area (Å²) in [6.45, 7) is 0. The molecule has 0 aliphatic heterocycles. The zero-order valence-corrected chi connectivity index (χ0v) is 10.7. The molecule has 2 N–H and O–H groups in total. The number of nitrogens with zero attached hydrogens (tertiary/aromatic N) is 2. The predicted octanol–water partition coefficient (Wildman–Crippen LogP) is -0.0412. The molecule has 0 radical (unpaired) electrons. The Hall–Kier alpha value is -0.860. The van der Waals surface area contributed by atoms with Crippen LogP contribution in [0.15, 0.2) is 22.2 Å². The molecule has 0 aromatic carbocycles. The van der Waals surface area contributed by atoms with E-state index in [1.54, 1.807) is 17.0 Å². The van der Waals surface area contributed by atoms with E-state index in [1.165, 1.54) is 0 Å². The Balaban J connectivity index is 2.06. The number of hydrogen-bond donors (Lipinski definition) is 1. The molecule has 6 nitrogen and oxygen atoms in total. The van der Waals surface area contributed by atoms with Crippen molar-refractivity contribution in [1.29, 1.82) is 0 Å². The van der Waals surface area contributed by atoms with Crippen LogP contribution in [0.5, 0.6) is 0 Å². The van der Waals surface area contributed by atoms with Crippen molar-refractivity contribution in [2.24, 2.45) is 5.14 Å². The van der Waals surface area contributed by atoms with Crippen LogP contribution in [-0.4, -0.2) is 29.5 Å². The topological polar surface area (TPSA) is 95.1 Å². The van der Waals surface area contributed by atoms with Gasteiger partial charge in [0.15, 0.2) is 5.03 Å². The van der Waals surface area contributed by atoms with Crippen molar-refractivity contribution in [3.8, 4) is 0 Å². The fourth-order valence-electron chi connectivity index (χ4n) is 1.40. The molecule has 1 aromatic heterocycles. The van der Waals surface area contributed by atoms with Gasteiger partial charge in [-0.15, -0.1) is 0 Å². The number of rotatable bonds is 5. The molecular weight excluding hydrogens is 262 g/mol. The Morgan fingerprint density at radius 2 is 2.24 bits per heavy atom. The highest BCUT2D eigenvalue weighted by Gasteiger charge is 2.25. The van der Waals surface area contributed by atoms with Crippen LogP contribution in [0.4, 0.5) is 0 Å². The molecular formula is C9H13N3O3S2. The highest BCUT2D eigenvalue weighted by atomic mass is 32.2. The van der Waals surface area contributed by atoms with Gasteiger partial charge in [0.05, 0.1) is 5.75 Å². The molecule has 1 fully saturated rings. The molecule has 1 heterocycles. The molecule has 1 aliphatic carbocycles. The monoisotopic (exact) mass is 275 g/mol. The van der Waals surface area contributed by atoms with Gasteiger partial charge < -0.3 is 4.57 Å². The van der Waals surface area contributed by atoms with Crippen molar-refractivity contribution in [1.82, 2.24) is 9.55 Å². The van der Waals surface area contributed by atoms with Gasteiger partial charge in [0.25, 0.3) is 5.56 Å². The SMILES string of the molecule is NS(=O)(=O)CCSc1nccn(C2CC2)c1=O. The average molecular weight is 275 g/mol. The van der Waals surface area contributed by atoms with Gasteiger partial charge in [-0.3, -0.25) is 4.79 Å². The molecule has 1 saturated carbocycles. The third-order valence-corrected chi connectivity index (χ3v) is 4.38. The largest absolute Gasteiger partial charge is 0.309 e. The molecule has 17 heavy (non-hydrogen) atoms. The van der Waals surface area contributed by atoms with Crippen LogP contribution in [0.1, 0.15) is 18.9 Å². The fourth-order valence-corrected chi connectivity index (χ4v) is 3.22. The number of sulfonamides is 1. The van der Waals surface area contributed by atoms with Crippen LogP contribution in [0.3, 0.4) is 0 Å². The molecule has 1 aromatic rings. The van der Waals surface area contributed by atoms with Crippen LogP contribution < -0.4 is 10.7 Å². The molecule has 0 bridgehead atoms. The fraction of sp³-hybridized carbons (Fsp3) is 0.556. The Morgan fingerprint density at radius 3 is 2.82 bits per heavy atom. The maximum atomic E-state index is 11.9. The Bertz CT molecular complexity index is 563. The predicted molar refractivity (Wildman–Crippen MR) is 65.5 cm³/mol. The summed E-state index contributed by atoms with van der Waals surface area (Å²) in [6, 6.07) is 0.295. The van der Waals surface area contributed by atoms with E-state index in [-0.39, 0.29) is 17.1 Å². The molecule has 1 aliphatic rings. The van der Waals surface area contributed by atoms with Crippen molar-refractivity contribution in [2.75, 3.05) is 11.5 Å². The van der Waals surface area contributed by atoms with Gasteiger partial charge in [-0.1, -0.05) is 11.8 Å². The minimum atomic E-state index is -3.48. The second kappa shape index (κ2) is 4.79. The smallest absolute Gasteiger partial charge is 0.283 e. The van der Waals surface area contributed by atoms with Crippen LogP contribution in [0, 0.1) is 0 Å². The van der Waals surface area contributed by atoms with E-state index in [4.69, 9.17) is 5.14 Å². The third-order valence-electron chi connectivity index (χ3n) is 2.38. The normalized spacial score (nSPS) is 16.1. The molecule has 8 heteroatoms. The summed E-state index contributed by atoms with van der Waals surface area (Å²) in [6.07, 6.45) is 5.28. The van der Waals surface area contributed by atoms with Gasteiger partial charge in [0.2, 0.25) is 10.0 Å². The standard InChI is InChI=1S/C9H13N3O3S2/c10-17(14,15)6-5-16-8-9(13)12(4-3-11-8)7-1-2-7/h3-4,7H,1-2,5-6H2,(H2,10,14,15). The molecule has 0 atom stereocenters. The summed E-state index contributed by atoms with van der Waals surface area (Å²) in [5.74, 6) is 0.0901. The van der Waals surface area contributed by atoms with Crippen LogP contribution >= 0.6 is 11.8 Å². The number of hydrogen-bond acceptors (Lipinski definition) is 5. The van der Waals surface area contributed by atoms with Gasteiger partial charge in [0.1, 0.15) is 0 Å². The highest BCUT2D eigenvalue weighted by molar-refractivity contribution is 8.00. The van der Waals surface area contributed by atoms with E-state index in [0.29, 0.717) is 11.1 Å². The van der Waals surface area contributed by atoms with E-state index in [9.17, 15) is 13.2 Å². The highest BCUT2D eigenvalue weighted by Crippen LogP contribution is 2.33. The number of thioether (sulfide) groups is 1. The summed E-state index contributed by atoms with van der Waals surface area (Å²) in [5, 5.41) is 5.22. The van der Waals surface area contributed by atoms with Gasteiger partial charge in [-0.25, -0.2) is 18.5 Å². The first-order valence-electron chi connectivity index (χ1n) is 5.18. The van der Waals surface area contributed by atoms with Crippen molar-refractivity contribution in [3.63, 3.8) is 0 Å². The molecule has 0 spiro atoms. The van der Waals surface area contributed by atoms with Crippen molar-refractivity contribution in [3.05, 3.63) is 22.7 Å². The molecule has 0 unspecified atom stereocenters. The molecule has 2 rings (SSSR count).